The fourth-order valence-corrected chi connectivity index (χ4v) is 7.11. The van der Waals surface area contributed by atoms with Gasteiger partial charge in [-0.25, -0.2) is 13.4 Å². The van der Waals surface area contributed by atoms with Gasteiger partial charge in [-0.3, -0.25) is 14.3 Å². The molecule has 1 fully saturated rings. The minimum Gasteiger partial charge on any atom is -0.295 e. The summed E-state index contributed by atoms with van der Waals surface area (Å²) in [6.45, 7) is 7.71. The second kappa shape index (κ2) is 9.95. The average Bonchev–Trinajstić information content (AvgIpc) is 2.81. The summed E-state index contributed by atoms with van der Waals surface area (Å²) < 4.78 is 30.0. The van der Waals surface area contributed by atoms with Gasteiger partial charge in [-0.05, 0) is 50.6 Å². The molecule has 3 aromatic rings. The Labute approximate surface area is 210 Å². The maximum Gasteiger partial charge on any atom is 0.261 e. The van der Waals surface area contributed by atoms with Gasteiger partial charge in [-0.2, -0.15) is 4.31 Å². The van der Waals surface area contributed by atoms with Crippen LogP contribution in [0.2, 0.25) is 10.0 Å². The first-order valence-electron chi connectivity index (χ1n) is 11.4. The molecule has 2 atom stereocenters. The van der Waals surface area contributed by atoms with Crippen molar-refractivity contribution >= 4 is 44.1 Å². The molecule has 2 aromatic carbocycles. The molecule has 1 aliphatic rings. The van der Waals surface area contributed by atoms with E-state index >= 15 is 0 Å². The molecule has 0 amide bonds. The van der Waals surface area contributed by atoms with Crippen LogP contribution in [0.5, 0.6) is 0 Å². The van der Waals surface area contributed by atoms with E-state index in [-0.39, 0.29) is 27.6 Å². The number of aromatic nitrogens is 2. The molecule has 34 heavy (non-hydrogen) atoms. The monoisotopic (exact) mass is 522 g/mol. The SMILES string of the molecule is CCC(c1nc2ccccc2c(=O)n1CC)N1CCN(S(=O)(=O)c2cc(Cl)ccc2Cl)C(C)C1. The van der Waals surface area contributed by atoms with E-state index in [1.54, 1.807) is 16.7 Å². The van der Waals surface area contributed by atoms with Crippen molar-refractivity contribution < 1.29 is 8.42 Å². The quantitative estimate of drug-likeness (QED) is 0.473. The zero-order chi connectivity index (χ0) is 24.6. The van der Waals surface area contributed by atoms with Gasteiger partial charge in [0.15, 0.2) is 0 Å². The van der Waals surface area contributed by atoms with E-state index in [9.17, 15) is 13.2 Å². The highest BCUT2D eigenvalue weighted by atomic mass is 35.5. The minimum atomic E-state index is -3.81. The van der Waals surface area contributed by atoms with Gasteiger partial charge in [0.1, 0.15) is 10.7 Å². The Hall–Kier alpha value is -1.97. The van der Waals surface area contributed by atoms with Gasteiger partial charge in [0.05, 0.1) is 22.0 Å². The fraction of sp³-hybridized carbons (Fsp3) is 0.417. The van der Waals surface area contributed by atoms with E-state index in [1.807, 2.05) is 32.0 Å². The number of rotatable bonds is 6. The van der Waals surface area contributed by atoms with Crippen LogP contribution in [-0.4, -0.2) is 52.9 Å². The second-order valence-corrected chi connectivity index (χ2v) is 11.2. The minimum absolute atomic E-state index is 0.0185. The third-order valence-corrected chi connectivity index (χ3v) is 9.14. The predicted octanol–water partition coefficient (Wildman–Crippen LogP) is 4.57. The van der Waals surface area contributed by atoms with E-state index in [0.717, 1.165) is 12.2 Å². The molecule has 1 aromatic heterocycles. The van der Waals surface area contributed by atoms with Crippen molar-refractivity contribution in [2.45, 2.75) is 50.7 Å². The molecule has 2 unspecified atom stereocenters. The van der Waals surface area contributed by atoms with E-state index in [0.29, 0.717) is 42.1 Å². The molecule has 7 nitrogen and oxygen atoms in total. The molecular weight excluding hydrogens is 495 g/mol. The van der Waals surface area contributed by atoms with Crippen molar-refractivity contribution in [1.82, 2.24) is 18.8 Å². The van der Waals surface area contributed by atoms with Crippen LogP contribution in [0.25, 0.3) is 10.9 Å². The molecule has 4 rings (SSSR count). The molecular formula is C24H28Cl2N4O3S. The maximum absolute atomic E-state index is 13.4. The van der Waals surface area contributed by atoms with E-state index in [2.05, 4.69) is 11.8 Å². The summed E-state index contributed by atoms with van der Waals surface area (Å²) in [6.07, 6.45) is 0.740. The van der Waals surface area contributed by atoms with Crippen LogP contribution in [0, 0.1) is 0 Å². The molecule has 0 spiro atoms. The van der Waals surface area contributed by atoms with Gasteiger partial charge in [0.25, 0.3) is 5.56 Å². The van der Waals surface area contributed by atoms with Crippen LogP contribution in [-0.2, 0) is 16.6 Å². The number of nitrogens with zero attached hydrogens (tertiary/aromatic N) is 4. The van der Waals surface area contributed by atoms with Gasteiger partial charge in [0.2, 0.25) is 10.0 Å². The zero-order valence-electron chi connectivity index (χ0n) is 19.4. The van der Waals surface area contributed by atoms with Crippen molar-refractivity contribution in [3.05, 3.63) is 68.7 Å². The Bertz CT molecular complexity index is 1380. The summed E-state index contributed by atoms with van der Waals surface area (Å²) in [5, 5.41) is 1.07. The highest BCUT2D eigenvalue weighted by Crippen LogP contribution is 2.32. The summed E-state index contributed by atoms with van der Waals surface area (Å²) >= 11 is 12.3. The number of sulfonamides is 1. The molecule has 0 radical (unpaired) electrons. The Morgan fingerprint density at radius 3 is 2.53 bits per heavy atom. The molecule has 0 saturated carbocycles. The molecule has 10 heteroatoms. The van der Waals surface area contributed by atoms with Crippen LogP contribution in [0.1, 0.15) is 39.1 Å². The standard InChI is InChI=1S/C24H28Cl2N4O3S/c1-4-21(23-27-20-9-7-6-8-18(20)24(31)29(23)5-2)28-12-13-30(16(3)15-28)34(32,33)22-14-17(25)10-11-19(22)26/h6-11,14,16,21H,4-5,12-13,15H2,1-3H3. The smallest absolute Gasteiger partial charge is 0.261 e. The number of piperazine rings is 1. The van der Waals surface area contributed by atoms with Crippen molar-refractivity contribution in [3.63, 3.8) is 0 Å². The third kappa shape index (κ3) is 4.50. The van der Waals surface area contributed by atoms with Crippen LogP contribution >= 0.6 is 23.2 Å². The Balaban J connectivity index is 1.65. The lowest BCUT2D eigenvalue weighted by Gasteiger charge is -2.42. The van der Waals surface area contributed by atoms with Crippen LogP contribution in [0.15, 0.2) is 52.2 Å². The van der Waals surface area contributed by atoms with Gasteiger partial charge in [-0.15, -0.1) is 0 Å². The number of fused-ring (bicyclic) bond motifs is 1. The Kier molecular flexibility index (Phi) is 7.36. The lowest BCUT2D eigenvalue weighted by atomic mass is 10.1. The third-order valence-electron chi connectivity index (χ3n) is 6.41. The predicted molar refractivity (Wildman–Crippen MR) is 136 cm³/mol. The summed E-state index contributed by atoms with van der Waals surface area (Å²) in [7, 11) is -3.81. The molecule has 0 bridgehead atoms. The zero-order valence-corrected chi connectivity index (χ0v) is 21.7. The first-order chi connectivity index (χ1) is 16.2. The number of hydrogen-bond donors (Lipinski definition) is 0. The molecule has 2 heterocycles. The number of para-hydroxylation sites is 1. The Morgan fingerprint density at radius 2 is 1.85 bits per heavy atom. The summed E-state index contributed by atoms with van der Waals surface area (Å²) in [5.74, 6) is 0.718. The largest absolute Gasteiger partial charge is 0.295 e. The van der Waals surface area contributed by atoms with Crippen LogP contribution in [0.3, 0.4) is 0 Å². The van der Waals surface area contributed by atoms with Crippen molar-refractivity contribution in [2.75, 3.05) is 19.6 Å². The van der Waals surface area contributed by atoms with Gasteiger partial charge in [0, 0.05) is 37.2 Å². The fourth-order valence-electron chi connectivity index (χ4n) is 4.76. The van der Waals surface area contributed by atoms with Gasteiger partial charge < -0.3 is 0 Å². The first kappa shape index (κ1) is 25.1. The van der Waals surface area contributed by atoms with E-state index in [4.69, 9.17) is 28.2 Å². The average molecular weight is 523 g/mol. The lowest BCUT2D eigenvalue weighted by Crippen LogP contribution is -2.55. The first-order valence-corrected chi connectivity index (χ1v) is 13.6. The van der Waals surface area contributed by atoms with E-state index in [1.165, 1.54) is 16.4 Å². The van der Waals surface area contributed by atoms with Crippen LogP contribution in [0.4, 0.5) is 0 Å². The van der Waals surface area contributed by atoms with Crippen molar-refractivity contribution in [2.24, 2.45) is 0 Å². The maximum atomic E-state index is 13.4. The summed E-state index contributed by atoms with van der Waals surface area (Å²) in [4.78, 5) is 20.3. The second-order valence-electron chi connectivity index (χ2n) is 8.50. The normalized spacial score (nSPS) is 18.9. The Morgan fingerprint density at radius 1 is 1.12 bits per heavy atom. The van der Waals surface area contributed by atoms with Crippen molar-refractivity contribution in [3.8, 4) is 0 Å². The summed E-state index contributed by atoms with van der Waals surface area (Å²) in [6, 6.07) is 11.4. The molecule has 0 N–H and O–H groups in total. The highest BCUT2D eigenvalue weighted by Gasteiger charge is 2.37. The molecule has 182 valence electrons. The highest BCUT2D eigenvalue weighted by molar-refractivity contribution is 7.89. The van der Waals surface area contributed by atoms with Gasteiger partial charge in [-0.1, -0.05) is 42.3 Å². The molecule has 1 saturated heterocycles. The lowest BCUT2D eigenvalue weighted by molar-refractivity contribution is 0.0933. The number of benzene rings is 2. The molecule has 1 aliphatic heterocycles. The summed E-state index contributed by atoms with van der Waals surface area (Å²) in [5.41, 5.74) is 0.627. The number of halogens is 2. The topological polar surface area (TPSA) is 75.5 Å². The molecule has 0 aliphatic carbocycles. The van der Waals surface area contributed by atoms with Crippen LogP contribution < -0.4 is 5.56 Å². The van der Waals surface area contributed by atoms with E-state index < -0.39 is 10.0 Å². The van der Waals surface area contributed by atoms with Gasteiger partial charge >= 0.3 is 0 Å². The van der Waals surface area contributed by atoms with Crippen molar-refractivity contribution in [1.29, 1.82) is 0 Å². The number of hydrogen-bond acceptors (Lipinski definition) is 5.